The van der Waals surface area contributed by atoms with Gasteiger partial charge in [-0.1, -0.05) is 175 Å². The van der Waals surface area contributed by atoms with Crippen molar-refractivity contribution >= 4 is 11.9 Å². The molecule has 7 nitrogen and oxygen atoms in total. The first-order valence-electron chi connectivity index (χ1n) is 24.1. The van der Waals surface area contributed by atoms with Gasteiger partial charge in [-0.15, -0.1) is 0 Å². The molecule has 0 radical (unpaired) electrons. The first-order valence-corrected chi connectivity index (χ1v) is 24.1. The Morgan fingerprint density at radius 1 is 0.564 bits per heavy atom. The fraction of sp³-hybridized carbons (Fsp3) is 0.896. The van der Waals surface area contributed by atoms with Crippen LogP contribution in [0.15, 0.2) is 18.7 Å². The molecule has 0 aliphatic rings. The van der Waals surface area contributed by atoms with Gasteiger partial charge in [0, 0.05) is 31.9 Å². The third-order valence-electron chi connectivity index (χ3n) is 11.3. The standard InChI is InChI=1S/C48H91N3O4/c1-5-9-13-17-20-26-32-43-54-47(52)37-30-24-21-25-31-40-51(41-33-39-50-42-38-49-44-50)46(36-29-16-12-8-4)48(53)55-45(34-27-22-18-14-10-6-2)35-28-23-19-15-11-7-3/h38,42,44-46H,5-37,39-41,43H2,1-4H3. The molecule has 0 amide bonds. The number of imidazole rings is 1. The van der Waals surface area contributed by atoms with Gasteiger partial charge in [-0.3, -0.25) is 14.5 Å². The third kappa shape index (κ3) is 30.9. The second-order valence-corrected chi connectivity index (χ2v) is 16.6. The summed E-state index contributed by atoms with van der Waals surface area (Å²) < 4.78 is 14.2. The van der Waals surface area contributed by atoms with Crippen LogP contribution in [0.4, 0.5) is 0 Å². The molecule has 1 unspecified atom stereocenters. The van der Waals surface area contributed by atoms with E-state index in [2.05, 4.69) is 42.1 Å². The minimum atomic E-state index is -0.178. The van der Waals surface area contributed by atoms with Crippen molar-refractivity contribution in [3.63, 3.8) is 0 Å². The summed E-state index contributed by atoms with van der Waals surface area (Å²) in [5.41, 5.74) is 0. The molecule has 0 aliphatic carbocycles. The number of aryl methyl sites for hydroxylation is 1. The van der Waals surface area contributed by atoms with E-state index >= 15 is 0 Å². The van der Waals surface area contributed by atoms with Crippen LogP contribution in [0.3, 0.4) is 0 Å². The number of ether oxygens (including phenoxy) is 2. The van der Waals surface area contributed by atoms with E-state index in [1.165, 1.54) is 116 Å². The molecule has 1 heterocycles. The summed E-state index contributed by atoms with van der Waals surface area (Å²) >= 11 is 0. The monoisotopic (exact) mass is 774 g/mol. The summed E-state index contributed by atoms with van der Waals surface area (Å²) in [5.74, 6) is -0.0122. The summed E-state index contributed by atoms with van der Waals surface area (Å²) in [6.45, 7) is 12.3. The van der Waals surface area contributed by atoms with E-state index < -0.39 is 0 Å². The molecule has 1 atom stereocenters. The Morgan fingerprint density at radius 2 is 1.04 bits per heavy atom. The van der Waals surface area contributed by atoms with Gasteiger partial charge in [0.15, 0.2) is 0 Å². The molecule has 1 aromatic heterocycles. The van der Waals surface area contributed by atoms with Gasteiger partial charge in [0.25, 0.3) is 0 Å². The highest BCUT2D eigenvalue weighted by Gasteiger charge is 2.29. The van der Waals surface area contributed by atoms with Crippen LogP contribution >= 0.6 is 0 Å². The number of carbonyl (C=O) groups is 2. The molecular weight excluding hydrogens is 683 g/mol. The average molecular weight is 774 g/mol. The molecule has 322 valence electrons. The highest BCUT2D eigenvalue weighted by atomic mass is 16.5. The molecule has 1 rings (SSSR count). The minimum Gasteiger partial charge on any atom is -0.466 e. The smallest absolute Gasteiger partial charge is 0.323 e. The van der Waals surface area contributed by atoms with Crippen molar-refractivity contribution in [3.05, 3.63) is 18.7 Å². The van der Waals surface area contributed by atoms with Gasteiger partial charge in [-0.2, -0.15) is 0 Å². The normalized spacial score (nSPS) is 12.2. The Labute approximate surface area is 341 Å². The van der Waals surface area contributed by atoms with Crippen molar-refractivity contribution in [1.82, 2.24) is 14.5 Å². The number of esters is 2. The molecule has 0 fully saturated rings. The second-order valence-electron chi connectivity index (χ2n) is 16.6. The molecule has 0 spiro atoms. The van der Waals surface area contributed by atoms with E-state index in [9.17, 15) is 9.59 Å². The molecule has 0 N–H and O–H groups in total. The van der Waals surface area contributed by atoms with E-state index in [1.54, 1.807) is 0 Å². The van der Waals surface area contributed by atoms with Gasteiger partial charge in [-0.05, 0) is 64.3 Å². The highest BCUT2D eigenvalue weighted by Crippen LogP contribution is 2.21. The zero-order valence-corrected chi connectivity index (χ0v) is 37.0. The molecule has 0 aromatic carbocycles. The topological polar surface area (TPSA) is 73.7 Å². The van der Waals surface area contributed by atoms with Crippen molar-refractivity contribution in [1.29, 1.82) is 0 Å². The van der Waals surface area contributed by atoms with Crippen LogP contribution in [0.2, 0.25) is 0 Å². The molecule has 1 aromatic rings. The van der Waals surface area contributed by atoms with Crippen LogP contribution in [0.1, 0.15) is 240 Å². The fourth-order valence-electron chi connectivity index (χ4n) is 7.75. The molecule has 7 heteroatoms. The number of carbonyl (C=O) groups excluding carboxylic acids is 2. The van der Waals surface area contributed by atoms with Crippen LogP contribution < -0.4 is 0 Å². The Morgan fingerprint density at radius 3 is 1.60 bits per heavy atom. The van der Waals surface area contributed by atoms with Gasteiger partial charge < -0.3 is 14.0 Å². The minimum absolute atomic E-state index is 0.0242. The van der Waals surface area contributed by atoms with Crippen LogP contribution in [-0.4, -0.2) is 58.2 Å². The average Bonchev–Trinajstić information content (AvgIpc) is 3.71. The van der Waals surface area contributed by atoms with Crippen molar-refractivity contribution < 1.29 is 19.1 Å². The largest absolute Gasteiger partial charge is 0.466 e. The molecular formula is C48H91N3O4. The van der Waals surface area contributed by atoms with E-state index in [0.29, 0.717) is 13.0 Å². The van der Waals surface area contributed by atoms with E-state index in [4.69, 9.17) is 9.47 Å². The molecule has 0 bridgehead atoms. The summed E-state index contributed by atoms with van der Waals surface area (Å²) in [6, 6.07) is -0.178. The van der Waals surface area contributed by atoms with Crippen LogP contribution in [0.5, 0.6) is 0 Å². The van der Waals surface area contributed by atoms with Crippen LogP contribution in [-0.2, 0) is 25.6 Å². The molecule has 0 aliphatic heterocycles. The lowest BCUT2D eigenvalue weighted by Gasteiger charge is -2.32. The van der Waals surface area contributed by atoms with Crippen molar-refractivity contribution in [2.45, 2.75) is 258 Å². The summed E-state index contributed by atoms with van der Waals surface area (Å²) in [6.07, 6.45) is 43.9. The number of nitrogens with zero attached hydrogens (tertiary/aromatic N) is 3. The zero-order valence-electron chi connectivity index (χ0n) is 37.0. The summed E-state index contributed by atoms with van der Waals surface area (Å²) in [5, 5.41) is 0. The second kappa shape index (κ2) is 39.0. The van der Waals surface area contributed by atoms with Crippen LogP contribution in [0, 0.1) is 0 Å². The van der Waals surface area contributed by atoms with Gasteiger partial charge in [-0.25, -0.2) is 4.98 Å². The van der Waals surface area contributed by atoms with Crippen molar-refractivity contribution in [2.75, 3.05) is 19.7 Å². The first-order chi connectivity index (χ1) is 27.0. The van der Waals surface area contributed by atoms with E-state index in [1.807, 2.05) is 18.7 Å². The summed E-state index contributed by atoms with van der Waals surface area (Å²) in [4.78, 5) is 33.3. The van der Waals surface area contributed by atoms with Crippen molar-refractivity contribution in [2.24, 2.45) is 0 Å². The number of rotatable bonds is 42. The van der Waals surface area contributed by atoms with Gasteiger partial charge in [0.05, 0.1) is 12.9 Å². The Balaban J connectivity index is 2.75. The number of aromatic nitrogens is 2. The Hall–Kier alpha value is -1.89. The Kier molecular flexibility index (Phi) is 36.2. The van der Waals surface area contributed by atoms with E-state index in [0.717, 1.165) is 110 Å². The van der Waals surface area contributed by atoms with Gasteiger partial charge in [0.2, 0.25) is 0 Å². The van der Waals surface area contributed by atoms with Crippen molar-refractivity contribution in [3.8, 4) is 0 Å². The first kappa shape index (κ1) is 51.1. The van der Waals surface area contributed by atoms with Gasteiger partial charge >= 0.3 is 11.9 Å². The SMILES string of the molecule is CCCCCCCCCOC(=O)CCCCCCCN(CCCn1ccnc1)C(CCCCCC)C(=O)OC(CCCCCCCC)CCCCCCCC. The third-order valence-corrected chi connectivity index (χ3v) is 11.3. The predicted octanol–water partition coefficient (Wildman–Crippen LogP) is 14.0. The maximum atomic E-state index is 14.3. The molecule has 0 saturated carbocycles. The lowest BCUT2D eigenvalue weighted by atomic mass is 10.0. The van der Waals surface area contributed by atoms with Crippen LogP contribution in [0.25, 0.3) is 0 Å². The Bertz CT molecular complexity index is 939. The zero-order chi connectivity index (χ0) is 39.9. The maximum Gasteiger partial charge on any atom is 0.323 e. The lowest BCUT2D eigenvalue weighted by molar-refractivity contribution is -0.157. The lowest BCUT2D eigenvalue weighted by Crippen LogP contribution is -2.44. The molecule has 55 heavy (non-hydrogen) atoms. The number of unbranched alkanes of at least 4 members (excludes halogenated alkanes) is 23. The molecule has 0 saturated heterocycles. The summed E-state index contributed by atoms with van der Waals surface area (Å²) in [7, 11) is 0. The van der Waals surface area contributed by atoms with E-state index in [-0.39, 0.29) is 24.1 Å². The predicted molar refractivity (Wildman–Crippen MR) is 233 cm³/mol. The fourth-order valence-corrected chi connectivity index (χ4v) is 7.75. The maximum absolute atomic E-state index is 14.3. The quantitative estimate of drug-likeness (QED) is 0.0486. The highest BCUT2D eigenvalue weighted by molar-refractivity contribution is 5.76. The number of hydrogen-bond donors (Lipinski definition) is 0. The number of hydrogen-bond acceptors (Lipinski definition) is 6. The van der Waals surface area contributed by atoms with Gasteiger partial charge in [0.1, 0.15) is 12.1 Å².